The number of pyridine rings is 1. The monoisotopic (exact) mass is 466 g/mol. The number of hydrogen-bond acceptors (Lipinski definition) is 7. The smallest absolute Gasteiger partial charge is 0.262 e. The number of rotatable bonds is 2. The standard InChI is InChI=1S/C19H20N6OS.C5H10O/c1-24-5-7-25(8-6-24)11-2-3-13-14(10-11)22-17(21-13)15-16(20)12-4-9-27-19(12)23-18(15)26;6-5-3-1-2-4-5/h2-4,9-10H,5-8H2,1H3,(H,21,22)(H3,20,23,26);5-6H,1-4H2. The van der Waals surface area contributed by atoms with Gasteiger partial charge >= 0.3 is 0 Å². The fourth-order valence-electron chi connectivity index (χ4n) is 4.56. The number of aliphatic hydroxyl groups is 1. The van der Waals surface area contributed by atoms with Crippen LogP contribution in [0.25, 0.3) is 32.6 Å². The number of hydrogen-bond donors (Lipinski definition) is 4. The minimum atomic E-state index is -0.221. The van der Waals surface area contributed by atoms with Crippen LogP contribution in [0.15, 0.2) is 34.4 Å². The second-order valence-corrected chi connectivity index (χ2v) is 9.84. The van der Waals surface area contributed by atoms with Crippen molar-refractivity contribution in [3.8, 4) is 11.4 Å². The number of likely N-dealkylation sites (N-methyl/N-ethyl adjacent to an activating group) is 1. The molecule has 0 spiro atoms. The van der Waals surface area contributed by atoms with Gasteiger partial charge in [0.05, 0.1) is 22.8 Å². The van der Waals surface area contributed by atoms with E-state index in [4.69, 9.17) is 10.8 Å². The minimum Gasteiger partial charge on any atom is -0.397 e. The van der Waals surface area contributed by atoms with Gasteiger partial charge in [-0.25, -0.2) is 4.98 Å². The van der Waals surface area contributed by atoms with E-state index in [1.54, 1.807) is 0 Å². The Kier molecular flexibility index (Phi) is 6.09. The molecule has 0 amide bonds. The number of aromatic nitrogens is 3. The lowest BCUT2D eigenvalue weighted by atomic mass is 10.2. The van der Waals surface area contributed by atoms with Gasteiger partial charge < -0.3 is 30.6 Å². The first-order valence-electron chi connectivity index (χ1n) is 11.5. The van der Waals surface area contributed by atoms with Crippen molar-refractivity contribution in [2.45, 2.75) is 31.8 Å². The van der Waals surface area contributed by atoms with Crippen molar-refractivity contribution in [3.63, 3.8) is 0 Å². The Balaban J connectivity index is 0.000000332. The fraction of sp³-hybridized carbons (Fsp3) is 0.417. The largest absolute Gasteiger partial charge is 0.397 e. The van der Waals surface area contributed by atoms with Crippen molar-refractivity contribution < 1.29 is 5.11 Å². The van der Waals surface area contributed by atoms with E-state index < -0.39 is 0 Å². The summed E-state index contributed by atoms with van der Waals surface area (Å²) < 4.78 is 0. The summed E-state index contributed by atoms with van der Waals surface area (Å²) in [5.74, 6) is 0.507. The number of aliphatic hydroxyl groups excluding tert-OH is 1. The highest BCUT2D eigenvalue weighted by atomic mass is 32.1. The molecule has 6 rings (SSSR count). The summed E-state index contributed by atoms with van der Waals surface area (Å²) in [6.07, 6.45) is 4.60. The number of nitrogens with two attached hydrogens (primary N) is 1. The fourth-order valence-corrected chi connectivity index (χ4v) is 5.35. The average Bonchev–Trinajstić information content (AvgIpc) is 3.55. The maximum absolute atomic E-state index is 12.6. The molecule has 1 aromatic carbocycles. The molecule has 3 aromatic heterocycles. The van der Waals surface area contributed by atoms with E-state index in [1.165, 1.54) is 29.9 Å². The Morgan fingerprint density at radius 2 is 1.88 bits per heavy atom. The Bertz CT molecular complexity index is 1310. The predicted molar refractivity (Wildman–Crippen MR) is 136 cm³/mol. The summed E-state index contributed by atoms with van der Waals surface area (Å²) in [5.41, 5.74) is 9.84. The SMILES string of the molecule is CN1CCN(c2ccc3nc(-c4c(N)c5ccsc5[nH]c4=O)[nH]c3c2)CC1.OC1CCCC1. The normalized spacial score (nSPS) is 17.6. The van der Waals surface area contributed by atoms with Crippen LogP contribution < -0.4 is 16.2 Å². The van der Waals surface area contributed by atoms with Crippen LogP contribution in [0.4, 0.5) is 11.4 Å². The van der Waals surface area contributed by atoms with Crippen molar-refractivity contribution in [2.24, 2.45) is 0 Å². The van der Waals surface area contributed by atoms with Gasteiger partial charge in [-0.2, -0.15) is 0 Å². The predicted octanol–water partition coefficient (Wildman–Crippen LogP) is 3.39. The van der Waals surface area contributed by atoms with Crippen molar-refractivity contribution in [1.29, 1.82) is 0 Å². The summed E-state index contributed by atoms with van der Waals surface area (Å²) >= 11 is 1.47. The molecule has 4 heterocycles. The zero-order valence-corrected chi connectivity index (χ0v) is 19.6. The second kappa shape index (κ2) is 9.17. The first-order valence-corrected chi connectivity index (χ1v) is 12.4. The molecule has 4 aromatic rings. The van der Waals surface area contributed by atoms with Crippen LogP contribution in [0, 0.1) is 0 Å². The number of anilines is 2. The maximum Gasteiger partial charge on any atom is 0.262 e. The molecule has 9 heteroatoms. The van der Waals surface area contributed by atoms with Gasteiger partial charge in [0, 0.05) is 37.3 Å². The van der Waals surface area contributed by atoms with Gasteiger partial charge in [-0.1, -0.05) is 12.8 Å². The molecule has 174 valence electrons. The third-order valence-electron chi connectivity index (χ3n) is 6.57. The van der Waals surface area contributed by atoms with Gasteiger partial charge in [0.15, 0.2) is 0 Å². The molecule has 33 heavy (non-hydrogen) atoms. The lowest BCUT2D eigenvalue weighted by Gasteiger charge is -2.34. The molecule has 2 fully saturated rings. The number of fused-ring (bicyclic) bond motifs is 2. The number of benzene rings is 1. The third kappa shape index (κ3) is 4.48. The highest BCUT2D eigenvalue weighted by Gasteiger charge is 2.18. The molecule has 1 aliphatic heterocycles. The molecule has 0 radical (unpaired) electrons. The Morgan fingerprint density at radius 1 is 1.12 bits per heavy atom. The Labute approximate surface area is 196 Å². The number of nitrogens with one attached hydrogen (secondary N) is 2. The van der Waals surface area contributed by atoms with Crippen LogP contribution >= 0.6 is 11.3 Å². The van der Waals surface area contributed by atoms with E-state index in [1.807, 2.05) is 17.5 Å². The van der Waals surface area contributed by atoms with E-state index in [9.17, 15) is 4.79 Å². The third-order valence-corrected chi connectivity index (χ3v) is 7.40. The lowest BCUT2D eigenvalue weighted by Crippen LogP contribution is -2.44. The van der Waals surface area contributed by atoms with Gasteiger partial charge in [-0.15, -0.1) is 11.3 Å². The number of thiophene rings is 1. The van der Waals surface area contributed by atoms with Crippen LogP contribution in [0.2, 0.25) is 0 Å². The topological polar surface area (TPSA) is 114 Å². The van der Waals surface area contributed by atoms with Crippen LogP contribution in [-0.4, -0.2) is 64.3 Å². The van der Waals surface area contributed by atoms with Crippen molar-refractivity contribution in [3.05, 3.63) is 40.0 Å². The average molecular weight is 467 g/mol. The minimum absolute atomic E-state index is 0.0463. The number of imidazole rings is 1. The lowest BCUT2D eigenvalue weighted by molar-refractivity contribution is 0.183. The van der Waals surface area contributed by atoms with E-state index in [-0.39, 0.29) is 11.7 Å². The molecule has 1 aliphatic carbocycles. The molecule has 5 N–H and O–H groups in total. The molecule has 0 unspecified atom stereocenters. The van der Waals surface area contributed by atoms with E-state index in [0.717, 1.165) is 60.3 Å². The number of nitrogen functional groups attached to an aromatic ring is 1. The zero-order chi connectivity index (χ0) is 22.9. The first-order chi connectivity index (χ1) is 16.0. The van der Waals surface area contributed by atoms with Crippen LogP contribution in [-0.2, 0) is 0 Å². The van der Waals surface area contributed by atoms with Gasteiger partial charge in [-0.3, -0.25) is 4.79 Å². The van der Waals surface area contributed by atoms with Crippen molar-refractivity contribution >= 4 is 44.0 Å². The van der Waals surface area contributed by atoms with Gasteiger partial charge in [-0.05, 0) is 49.5 Å². The maximum atomic E-state index is 12.6. The second-order valence-electron chi connectivity index (χ2n) is 8.92. The van der Waals surface area contributed by atoms with Gasteiger partial charge in [0.25, 0.3) is 5.56 Å². The first kappa shape index (κ1) is 21.9. The summed E-state index contributed by atoms with van der Waals surface area (Å²) in [7, 11) is 2.15. The summed E-state index contributed by atoms with van der Waals surface area (Å²) in [6, 6.07) is 8.11. The number of aromatic amines is 2. The van der Waals surface area contributed by atoms with E-state index in [2.05, 4.69) is 43.9 Å². The van der Waals surface area contributed by atoms with Gasteiger partial charge in [0.1, 0.15) is 16.2 Å². The summed E-state index contributed by atoms with van der Waals surface area (Å²) in [4.78, 5) is 28.9. The molecular formula is C24H30N6O2S. The number of piperazine rings is 1. The molecule has 0 bridgehead atoms. The molecule has 1 saturated heterocycles. The van der Waals surface area contributed by atoms with Crippen LogP contribution in [0.3, 0.4) is 0 Å². The Hall–Kier alpha value is -2.88. The molecule has 1 saturated carbocycles. The van der Waals surface area contributed by atoms with Gasteiger partial charge in [0.2, 0.25) is 0 Å². The quantitative estimate of drug-likeness (QED) is 0.360. The van der Waals surface area contributed by atoms with Crippen LogP contribution in [0.1, 0.15) is 25.7 Å². The molecule has 2 aliphatic rings. The highest BCUT2D eigenvalue weighted by Crippen LogP contribution is 2.31. The summed E-state index contributed by atoms with van der Waals surface area (Å²) in [6.45, 7) is 4.12. The highest BCUT2D eigenvalue weighted by molar-refractivity contribution is 7.16. The Morgan fingerprint density at radius 3 is 2.58 bits per heavy atom. The number of nitrogens with zero attached hydrogens (tertiary/aromatic N) is 3. The molecule has 8 nitrogen and oxygen atoms in total. The van der Waals surface area contributed by atoms with Crippen molar-refractivity contribution in [1.82, 2.24) is 19.9 Å². The van der Waals surface area contributed by atoms with E-state index in [0.29, 0.717) is 17.1 Å². The summed E-state index contributed by atoms with van der Waals surface area (Å²) in [5, 5.41) is 11.5. The zero-order valence-electron chi connectivity index (χ0n) is 18.8. The molecular weight excluding hydrogens is 436 g/mol. The number of H-pyrrole nitrogens is 2. The van der Waals surface area contributed by atoms with E-state index >= 15 is 0 Å². The molecule has 0 atom stereocenters. The van der Waals surface area contributed by atoms with Crippen molar-refractivity contribution in [2.75, 3.05) is 43.9 Å². The van der Waals surface area contributed by atoms with Crippen LogP contribution in [0.5, 0.6) is 0 Å².